The molecule has 2 aromatic rings. The number of urea groups is 1. The predicted molar refractivity (Wildman–Crippen MR) is 119 cm³/mol. The Balaban J connectivity index is 1.47. The van der Waals surface area contributed by atoms with Crippen molar-refractivity contribution in [2.75, 3.05) is 13.7 Å². The van der Waals surface area contributed by atoms with Crippen molar-refractivity contribution in [2.24, 2.45) is 0 Å². The second-order valence-corrected chi connectivity index (χ2v) is 9.34. The molecule has 8 nitrogen and oxygen atoms in total. The Bertz CT molecular complexity index is 1100. The number of aromatic amines is 1. The molecule has 5 rings (SSSR count). The van der Waals surface area contributed by atoms with E-state index in [1.54, 1.807) is 25.9 Å². The summed E-state index contributed by atoms with van der Waals surface area (Å²) in [6, 6.07) is 4.64. The van der Waals surface area contributed by atoms with Gasteiger partial charge in [-0.2, -0.15) is 0 Å². The summed E-state index contributed by atoms with van der Waals surface area (Å²) in [6.45, 7) is 3.85. The molecule has 1 aliphatic carbocycles. The molecule has 2 unspecified atom stereocenters. The molecule has 4 amide bonds. The molecule has 3 heterocycles. The predicted octanol–water partition coefficient (Wildman–Crippen LogP) is 3.05. The summed E-state index contributed by atoms with van der Waals surface area (Å²) in [4.78, 5) is 46.2. The molecule has 1 aromatic carbocycles. The van der Waals surface area contributed by atoms with E-state index in [9.17, 15) is 14.4 Å². The topological polar surface area (TPSA) is 94.7 Å². The van der Waals surface area contributed by atoms with Crippen LogP contribution in [-0.2, 0) is 21.5 Å². The molecule has 2 N–H and O–H groups in total. The fourth-order valence-electron chi connectivity index (χ4n) is 5.60. The maximum Gasteiger partial charge on any atom is 0.328 e. The fraction of sp³-hybridized carbons (Fsp3) is 0.542. The van der Waals surface area contributed by atoms with Gasteiger partial charge < -0.3 is 19.9 Å². The molecule has 8 heteroatoms. The Morgan fingerprint density at radius 1 is 1.25 bits per heavy atom. The molecule has 0 radical (unpaired) electrons. The number of hydrogen-bond donors (Lipinski definition) is 2. The number of aromatic nitrogens is 1. The molecule has 2 fully saturated rings. The first kappa shape index (κ1) is 20.8. The summed E-state index contributed by atoms with van der Waals surface area (Å²) in [5.74, 6) is 0.132. The van der Waals surface area contributed by atoms with E-state index in [2.05, 4.69) is 10.3 Å². The van der Waals surface area contributed by atoms with Crippen LogP contribution in [-0.4, -0.2) is 58.4 Å². The van der Waals surface area contributed by atoms with Crippen LogP contribution in [0.3, 0.4) is 0 Å². The standard InChI is InChI=1S/C24H30N4O4/c1-14(21(29)25-15-7-5-4-6-8-15)28-22(30)24(2)20-17(11-12-27(24)23(28)31)18-13-16(32-3)9-10-19(18)26-20/h9-10,13-15,26H,4-8,11-12H2,1-3H3,(H,25,29). The summed E-state index contributed by atoms with van der Waals surface area (Å²) in [5.41, 5.74) is 1.50. The van der Waals surface area contributed by atoms with Crippen molar-refractivity contribution < 1.29 is 19.1 Å². The number of fused-ring (bicyclic) bond motifs is 5. The highest BCUT2D eigenvalue weighted by Crippen LogP contribution is 2.45. The van der Waals surface area contributed by atoms with E-state index in [-0.39, 0.29) is 17.9 Å². The lowest BCUT2D eigenvalue weighted by Gasteiger charge is -2.36. The van der Waals surface area contributed by atoms with Crippen LogP contribution >= 0.6 is 0 Å². The highest BCUT2D eigenvalue weighted by molar-refractivity contribution is 6.11. The number of imide groups is 1. The zero-order valence-corrected chi connectivity index (χ0v) is 18.9. The highest BCUT2D eigenvalue weighted by Gasteiger charge is 2.60. The number of hydrogen-bond acceptors (Lipinski definition) is 4. The minimum Gasteiger partial charge on any atom is -0.497 e. The molecule has 32 heavy (non-hydrogen) atoms. The second kappa shape index (κ2) is 7.53. The second-order valence-electron chi connectivity index (χ2n) is 9.34. The molecule has 2 aliphatic heterocycles. The fourth-order valence-corrected chi connectivity index (χ4v) is 5.60. The third kappa shape index (κ3) is 2.92. The van der Waals surface area contributed by atoms with Crippen LogP contribution in [0, 0.1) is 0 Å². The average molecular weight is 439 g/mol. The molecule has 170 valence electrons. The van der Waals surface area contributed by atoms with Crippen LogP contribution in [0.2, 0.25) is 0 Å². The maximum absolute atomic E-state index is 13.7. The Morgan fingerprint density at radius 3 is 2.72 bits per heavy atom. The number of ether oxygens (including phenoxy) is 1. The number of carbonyl (C=O) groups is 3. The minimum atomic E-state index is -1.16. The summed E-state index contributed by atoms with van der Waals surface area (Å²) in [7, 11) is 1.63. The molecular formula is C24H30N4O4. The van der Waals surface area contributed by atoms with Gasteiger partial charge in [0.25, 0.3) is 5.91 Å². The third-order valence-electron chi connectivity index (χ3n) is 7.52. The maximum atomic E-state index is 13.7. The number of methoxy groups -OCH3 is 1. The van der Waals surface area contributed by atoms with E-state index in [1.807, 2.05) is 18.2 Å². The van der Waals surface area contributed by atoms with Crippen LogP contribution in [0.4, 0.5) is 4.79 Å². The van der Waals surface area contributed by atoms with E-state index in [1.165, 1.54) is 6.42 Å². The summed E-state index contributed by atoms with van der Waals surface area (Å²) in [6.07, 6.45) is 5.92. The van der Waals surface area contributed by atoms with Gasteiger partial charge in [0.15, 0.2) is 5.54 Å². The van der Waals surface area contributed by atoms with Crippen molar-refractivity contribution in [3.63, 3.8) is 0 Å². The van der Waals surface area contributed by atoms with E-state index in [0.29, 0.717) is 13.0 Å². The van der Waals surface area contributed by atoms with E-state index >= 15 is 0 Å². The molecular weight excluding hydrogens is 408 g/mol. The average Bonchev–Trinajstić information content (AvgIpc) is 3.27. The van der Waals surface area contributed by atoms with Gasteiger partial charge in [-0.05, 0) is 56.9 Å². The lowest BCUT2D eigenvalue weighted by atomic mass is 9.87. The lowest BCUT2D eigenvalue weighted by Crippen LogP contribution is -2.51. The molecule has 0 spiro atoms. The summed E-state index contributed by atoms with van der Waals surface area (Å²) >= 11 is 0. The number of benzene rings is 1. The van der Waals surface area contributed by atoms with Gasteiger partial charge in [-0.3, -0.25) is 9.59 Å². The lowest BCUT2D eigenvalue weighted by molar-refractivity contribution is -0.139. The van der Waals surface area contributed by atoms with Gasteiger partial charge in [0.2, 0.25) is 5.91 Å². The molecule has 2 atom stereocenters. The number of H-pyrrole nitrogens is 1. The Morgan fingerprint density at radius 2 is 2.00 bits per heavy atom. The first-order valence-electron chi connectivity index (χ1n) is 11.5. The van der Waals surface area contributed by atoms with Crippen molar-refractivity contribution >= 4 is 28.7 Å². The highest BCUT2D eigenvalue weighted by atomic mass is 16.5. The van der Waals surface area contributed by atoms with Gasteiger partial charge >= 0.3 is 6.03 Å². The minimum absolute atomic E-state index is 0.125. The van der Waals surface area contributed by atoms with Gasteiger partial charge in [-0.15, -0.1) is 0 Å². The van der Waals surface area contributed by atoms with E-state index in [4.69, 9.17) is 4.74 Å². The monoisotopic (exact) mass is 438 g/mol. The van der Waals surface area contributed by atoms with Gasteiger partial charge in [0.1, 0.15) is 11.8 Å². The van der Waals surface area contributed by atoms with Crippen molar-refractivity contribution in [1.29, 1.82) is 0 Å². The van der Waals surface area contributed by atoms with Gasteiger partial charge in [0.05, 0.1) is 12.8 Å². The van der Waals surface area contributed by atoms with E-state index in [0.717, 1.165) is 58.5 Å². The third-order valence-corrected chi connectivity index (χ3v) is 7.52. The molecule has 1 saturated carbocycles. The number of carbonyl (C=O) groups excluding carboxylic acids is 3. The van der Waals surface area contributed by atoms with Crippen LogP contribution in [0.5, 0.6) is 5.75 Å². The zero-order chi connectivity index (χ0) is 22.6. The van der Waals surface area contributed by atoms with Crippen molar-refractivity contribution in [1.82, 2.24) is 20.1 Å². The van der Waals surface area contributed by atoms with Crippen molar-refractivity contribution in [3.8, 4) is 5.75 Å². The molecule has 0 bridgehead atoms. The number of nitrogens with one attached hydrogen (secondary N) is 2. The Labute approximate surface area is 187 Å². The number of amides is 4. The molecule has 1 aromatic heterocycles. The quantitative estimate of drug-likeness (QED) is 0.718. The van der Waals surface area contributed by atoms with Gasteiger partial charge in [0, 0.05) is 23.5 Å². The van der Waals surface area contributed by atoms with Gasteiger partial charge in [-0.1, -0.05) is 19.3 Å². The normalized spacial score (nSPS) is 24.5. The van der Waals surface area contributed by atoms with Gasteiger partial charge in [-0.25, -0.2) is 9.69 Å². The smallest absolute Gasteiger partial charge is 0.328 e. The van der Waals surface area contributed by atoms with Crippen LogP contribution in [0.25, 0.3) is 10.9 Å². The Kier molecular flexibility index (Phi) is 4.91. The van der Waals surface area contributed by atoms with Crippen molar-refractivity contribution in [2.45, 2.75) is 70.0 Å². The van der Waals surface area contributed by atoms with Crippen LogP contribution in [0.1, 0.15) is 57.2 Å². The zero-order valence-electron chi connectivity index (χ0n) is 18.9. The number of nitrogens with zero attached hydrogens (tertiary/aromatic N) is 2. The van der Waals surface area contributed by atoms with Crippen molar-refractivity contribution in [3.05, 3.63) is 29.5 Å². The molecule has 3 aliphatic rings. The first-order chi connectivity index (χ1) is 15.4. The summed E-state index contributed by atoms with van der Waals surface area (Å²) < 4.78 is 5.37. The summed E-state index contributed by atoms with van der Waals surface area (Å²) in [5, 5.41) is 4.06. The largest absolute Gasteiger partial charge is 0.497 e. The molecule has 1 saturated heterocycles. The SMILES string of the molecule is COc1ccc2[nH]c3c(c2c1)CCN1C(=O)N(C(C)C(=O)NC2CCCCC2)C(=O)C31C. The van der Waals surface area contributed by atoms with E-state index < -0.39 is 17.6 Å². The number of rotatable bonds is 4. The van der Waals surface area contributed by atoms with Crippen LogP contribution < -0.4 is 10.1 Å². The Hall–Kier alpha value is -3.03. The van der Waals surface area contributed by atoms with Crippen LogP contribution in [0.15, 0.2) is 18.2 Å². The first-order valence-corrected chi connectivity index (χ1v) is 11.5.